The van der Waals surface area contributed by atoms with Gasteiger partial charge in [0.1, 0.15) is 5.82 Å². The van der Waals surface area contributed by atoms with E-state index in [-0.39, 0.29) is 6.04 Å². The van der Waals surface area contributed by atoms with Crippen LogP contribution in [0.5, 0.6) is 0 Å². The Morgan fingerprint density at radius 1 is 1.38 bits per heavy atom. The quantitative estimate of drug-likeness (QED) is 0.819. The number of nitrogens with zero attached hydrogens (tertiary/aromatic N) is 4. The van der Waals surface area contributed by atoms with E-state index >= 15 is 0 Å². The van der Waals surface area contributed by atoms with E-state index in [4.69, 9.17) is 0 Å². The summed E-state index contributed by atoms with van der Waals surface area (Å²) >= 11 is 0. The molecular formula is C11H15N5. The summed E-state index contributed by atoms with van der Waals surface area (Å²) in [4.78, 5) is 4.32. The summed E-state index contributed by atoms with van der Waals surface area (Å²) in [7, 11) is 3.94. The van der Waals surface area contributed by atoms with E-state index < -0.39 is 0 Å². The second kappa shape index (κ2) is 4.85. The molecular weight excluding hydrogens is 202 g/mol. The Labute approximate surface area is 94.5 Å². The normalized spacial score (nSPS) is 12.6. The van der Waals surface area contributed by atoms with Crippen LogP contribution in [0.15, 0.2) is 30.9 Å². The van der Waals surface area contributed by atoms with Crippen molar-refractivity contribution < 1.29 is 0 Å². The molecule has 5 heteroatoms. The maximum absolute atomic E-state index is 4.32. The highest BCUT2D eigenvalue weighted by Crippen LogP contribution is 2.15. The maximum atomic E-state index is 4.32. The number of aryl methyl sites for hydroxylation is 1. The number of hydrogen-bond acceptors (Lipinski definition) is 4. The summed E-state index contributed by atoms with van der Waals surface area (Å²) in [5.41, 5.74) is 1.13. The van der Waals surface area contributed by atoms with Crippen molar-refractivity contribution in [1.29, 1.82) is 0 Å². The zero-order chi connectivity index (χ0) is 11.4. The first-order valence-electron chi connectivity index (χ1n) is 5.21. The molecule has 84 valence electrons. The Morgan fingerprint density at radius 2 is 2.25 bits per heavy atom. The van der Waals surface area contributed by atoms with Gasteiger partial charge in [0, 0.05) is 38.1 Å². The van der Waals surface area contributed by atoms with Gasteiger partial charge in [-0.25, -0.2) is 4.98 Å². The number of likely N-dealkylation sites (N-methyl/N-ethyl adjacent to an activating group) is 1. The lowest BCUT2D eigenvalue weighted by Gasteiger charge is -2.15. The van der Waals surface area contributed by atoms with Crippen molar-refractivity contribution >= 4 is 0 Å². The van der Waals surface area contributed by atoms with Crippen molar-refractivity contribution in [2.75, 3.05) is 7.05 Å². The van der Waals surface area contributed by atoms with E-state index in [1.807, 2.05) is 37.1 Å². The maximum Gasteiger partial charge on any atom is 0.110 e. The van der Waals surface area contributed by atoms with Crippen molar-refractivity contribution in [1.82, 2.24) is 25.1 Å². The van der Waals surface area contributed by atoms with Gasteiger partial charge < -0.3 is 9.88 Å². The number of rotatable bonds is 4. The monoisotopic (exact) mass is 217 g/mol. The van der Waals surface area contributed by atoms with Crippen LogP contribution >= 0.6 is 0 Å². The molecule has 0 aliphatic heterocycles. The highest BCUT2D eigenvalue weighted by molar-refractivity contribution is 5.13. The van der Waals surface area contributed by atoms with E-state index in [1.165, 1.54) is 0 Å². The molecule has 2 aromatic rings. The third-order valence-electron chi connectivity index (χ3n) is 2.67. The van der Waals surface area contributed by atoms with Gasteiger partial charge in [-0.3, -0.25) is 0 Å². The predicted octanol–water partition coefficient (Wildman–Crippen LogP) is 0.713. The van der Waals surface area contributed by atoms with Crippen LogP contribution < -0.4 is 5.32 Å². The van der Waals surface area contributed by atoms with Crippen molar-refractivity contribution in [3.63, 3.8) is 0 Å². The molecule has 1 unspecified atom stereocenters. The summed E-state index contributed by atoms with van der Waals surface area (Å²) in [6.07, 6.45) is 8.09. The molecule has 0 aliphatic rings. The van der Waals surface area contributed by atoms with Crippen LogP contribution in [0.4, 0.5) is 0 Å². The van der Waals surface area contributed by atoms with Crippen LogP contribution in [0.1, 0.15) is 17.4 Å². The molecule has 0 amide bonds. The van der Waals surface area contributed by atoms with Crippen LogP contribution in [-0.4, -0.2) is 26.8 Å². The van der Waals surface area contributed by atoms with Crippen LogP contribution in [0.25, 0.3) is 0 Å². The molecule has 2 aromatic heterocycles. The first-order valence-corrected chi connectivity index (χ1v) is 5.21. The molecule has 0 fully saturated rings. The van der Waals surface area contributed by atoms with E-state index in [0.29, 0.717) is 0 Å². The van der Waals surface area contributed by atoms with E-state index in [0.717, 1.165) is 17.8 Å². The van der Waals surface area contributed by atoms with Crippen LogP contribution in [0, 0.1) is 0 Å². The fourth-order valence-electron chi connectivity index (χ4n) is 1.67. The fourth-order valence-corrected chi connectivity index (χ4v) is 1.67. The number of hydrogen-bond donors (Lipinski definition) is 1. The van der Waals surface area contributed by atoms with Crippen molar-refractivity contribution in [2.24, 2.45) is 7.05 Å². The standard InChI is InChI=1S/C11H15N5/c1-12-10(9-3-4-14-15-8-9)7-11-13-5-6-16(11)2/h3-6,8,10,12H,7H2,1-2H3. The molecule has 0 radical (unpaired) electrons. The highest BCUT2D eigenvalue weighted by atomic mass is 15.1. The molecule has 1 atom stereocenters. The minimum atomic E-state index is 0.219. The second-order valence-electron chi connectivity index (χ2n) is 3.68. The third-order valence-corrected chi connectivity index (χ3v) is 2.67. The van der Waals surface area contributed by atoms with Gasteiger partial charge in [-0.2, -0.15) is 10.2 Å². The van der Waals surface area contributed by atoms with Gasteiger partial charge in [0.15, 0.2) is 0 Å². The Balaban J connectivity index is 2.16. The van der Waals surface area contributed by atoms with Gasteiger partial charge in [0.25, 0.3) is 0 Å². The van der Waals surface area contributed by atoms with Gasteiger partial charge in [-0.1, -0.05) is 0 Å². The molecule has 0 aromatic carbocycles. The minimum absolute atomic E-state index is 0.219. The minimum Gasteiger partial charge on any atom is -0.338 e. The fraction of sp³-hybridized carbons (Fsp3) is 0.364. The van der Waals surface area contributed by atoms with E-state index in [1.54, 1.807) is 12.4 Å². The molecule has 5 nitrogen and oxygen atoms in total. The molecule has 2 rings (SSSR count). The van der Waals surface area contributed by atoms with Gasteiger partial charge in [0.2, 0.25) is 0 Å². The SMILES string of the molecule is CNC(Cc1nccn1C)c1ccnnc1. The zero-order valence-electron chi connectivity index (χ0n) is 9.46. The molecule has 0 spiro atoms. The third kappa shape index (κ3) is 2.25. The number of aromatic nitrogens is 4. The molecule has 2 heterocycles. The molecule has 0 bridgehead atoms. The van der Waals surface area contributed by atoms with Crippen LogP contribution in [-0.2, 0) is 13.5 Å². The lowest BCUT2D eigenvalue weighted by Crippen LogP contribution is -2.20. The lowest BCUT2D eigenvalue weighted by atomic mass is 10.1. The van der Waals surface area contributed by atoms with Gasteiger partial charge in [0.05, 0.1) is 6.20 Å². The molecule has 0 aliphatic carbocycles. The highest BCUT2D eigenvalue weighted by Gasteiger charge is 2.12. The van der Waals surface area contributed by atoms with Gasteiger partial charge >= 0.3 is 0 Å². The summed E-state index contributed by atoms with van der Waals surface area (Å²) in [5, 5.41) is 10.9. The van der Waals surface area contributed by atoms with Crippen LogP contribution in [0.2, 0.25) is 0 Å². The van der Waals surface area contributed by atoms with Crippen molar-refractivity contribution in [3.05, 3.63) is 42.2 Å². The van der Waals surface area contributed by atoms with E-state index in [2.05, 4.69) is 20.5 Å². The largest absolute Gasteiger partial charge is 0.338 e. The summed E-state index contributed by atoms with van der Waals surface area (Å²) in [5.74, 6) is 1.05. The van der Waals surface area contributed by atoms with Crippen molar-refractivity contribution in [3.8, 4) is 0 Å². The Hall–Kier alpha value is -1.75. The Morgan fingerprint density at radius 3 is 2.81 bits per heavy atom. The molecule has 1 N–H and O–H groups in total. The topological polar surface area (TPSA) is 55.6 Å². The number of nitrogens with one attached hydrogen (secondary N) is 1. The first-order chi connectivity index (χ1) is 7.81. The second-order valence-corrected chi connectivity index (χ2v) is 3.68. The average Bonchev–Trinajstić information content (AvgIpc) is 2.73. The van der Waals surface area contributed by atoms with Crippen LogP contribution in [0.3, 0.4) is 0 Å². The van der Waals surface area contributed by atoms with Gasteiger partial charge in [-0.15, -0.1) is 0 Å². The van der Waals surface area contributed by atoms with Crippen molar-refractivity contribution in [2.45, 2.75) is 12.5 Å². The lowest BCUT2D eigenvalue weighted by molar-refractivity contribution is 0.560. The first kappa shape index (κ1) is 10.8. The Bertz CT molecular complexity index is 437. The molecule has 0 saturated carbocycles. The average molecular weight is 217 g/mol. The smallest absolute Gasteiger partial charge is 0.110 e. The van der Waals surface area contributed by atoms with Gasteiger partial charge in [-0.05, 0) is 18.7 Å². The summed E-state index contributed by atoms with van der Waals surface area (Å²) < 4.78 is 2.03. The summed E-state index contributed by atoms with van der Waals surface area (Å²) in [6, 6.07) is 2.19. The number of imidazole rings is 1. The Kier molecular flexibility index (Phi) is 3.26. The predicted molar refractivity (Wildman–Crippen MR) is 60.7 cm³/mol. The molecule has 0 saturated heterocycles. The molecule has 16 heavy (non-hydrogen) atoms. The summed E-state index contributed by atoms with van der Waals surface area (Å²) in [6.45, 7) is 0. The van der Waals surface area contributed by atoms with E-state index in [9.17, 15) is 0 Å². The zero-order valence-corrected chi connectivity index (χ0v) is 9.46.